The molecule has 17 heavy (non-hydrogen) atoms. The smallest absolute Gasteiger partial charge is 0.357 e. The van der Waals surface area contributed by atoms with E-state index >= 15 is 0 Å². The van der Waals surface area contributed by atoms with Crippen LogP contribution in [0.3, 0.4) is 0 Å². The van der Waals surface area contributed by atoms with Crippen LogP contribution in [0.25, 0.3) is 0 Å². The Hall–Kier alpha value is -1.69. The predicted molar refractivity (Wildman–Crippen MR) is 65.0 cm³/mol. The maximum Gasteiger partial charge on any atom is 0.357 e. The highest BCUT2D eigenvalue weighted by atomic mass is 79.9. The second-order valence-corrected chi connectivity index (χ2v) is 4.43. The fraction of sp³-hybridized carbons (Fsp3) is 0.182. The first-order valence-electron chi connectivity index (χ1n) is 4.96. The lowest BCUT2D eigenvalue weighted by Gasteiger charge is -2.04. The van der Waals surface area contributed by atoms with Crippen molar-refractivity contribution in [1.82, 2.24) is 15.0 Å². The summed E-state index contributed by atoms with van der Waals surface area (Å²) in [5.41, 5.74) is 2.20. The largest absolute Gasteiger partial charge is 0.476 e. The fourth-order valence-corrected chi connectivity index (χ4v) is 1.91. The number of carbonyl (C=O) groups is 1. The molecule has 1 N–H and O–H groups in total. The van der Waals surface area contributed by atoms with Crippen molar-refractivity contribution in [3.05, 3.63) is 45.7 Å². The second-order valence-electron chi connectivity index (χ2n) is 3.68. The van der Waals surface area contributed by atoms with Gasteiger partial charge in [0.05, 0.1) is 6.54 Å². The molecule has 0 spiro atoms. The molecule has 6 heteroatoms. The topological polar surface area (TPSA) is 68.0 Å². The van der Waals surface area contributed by atoms with E-state index in [1.165, 1.54) is 4.68 Å². The minimum atomic E-state index is -1.05. The van der Waals surface area contributed by atoms with E-state index < -0.39 is 5.97 Å². The molecular weight excluding hydrogens is 286 g/mol. The highest BCUT2D eigenvalue weighted by Gasteiger charge is 2.17. The molecule has 0 fully saturated rings. The Bertz CT molecular complexity index is 548. The quantitative estimate of drug-likeness (QED) is 0.941. The molecule has 5 nitrogen and oxygen atoms in total. The average molecular weight is 296 g/mol. The van der Waals surface area contributed by atoms with Gasteiger partial charge in [-0.1, -0.05) is 35.0 Å². The lowest BCUT2D eigenvalue weighted by atomic mass is 10.1. The van der Waals surface area contributed by atoms with E-state index in [0.29, 0.717) is 6.54 Å². The average Bonchev–Trinajstić information content (AvgIpc) is 2.63. The van der Waals surface area contributed by atoms with Gasteiger partial charge < -0.3 is 5.11 Å². The minimum Gasteiger partial charge on any atom is -0.476 e. The third kappa shape index (κ3) is 2.52. The summed E-state index contributed by atoms with van der Waals surface area (Å²) in [6.07, 6.45) is 0. The molecule has 2 aromatic rings. The summed E-state index contributed by atoms with van der Waals surface area (Å²) in [4.78, 5) is 11.0. The van der Waals surface area contributed by atoms with E-state index in [4.69, 9.17) is 5.11 Å². The molecule has 0 amide bonds. The molecule has 0 saturated heterocycles. The van der Waals surface area contributed by atoms with Crippen LogP contribution in [0, 0.1) is 6.92 Å². The Labute approximate surface area is 106 Å². The number of carboxylic acid groups (broad SMARTS) is 1. The number of carboxylic acids is 1. The number of hydrogen-bond acceptors (Lipinski definition) is 3. The second kappa shape index (κ2) is 4.67. The van der Waals surface area contributed by atoms with Crippen molar-refractivity contribution < 1.29 is 9.90 Å². The van der Waals surface area contributed by atoms with E-state index in [1.54, 1.807) is 0 Å². The van der Waals surface area contributed by atoms with Crippen molar-refractivity contribution in [2.45, 2.75) is 13.5 Å². The molecule has 0 atom stereocenters. The molecule has 0 aliphatic rings. The van der Waals surface area contributed by atoms with Crippen LogP contribution < -0.4 is 0 Å². The summed E-state index contributed by atoms with van der Waals surface area (Å²) in [7, 11) is 0. The van der Waals surface area contributed by atoms with Gasteiger partial charge in [-0.05, 0) is 28.4 Å². The van der Waals surface area contributed by atoms with E-state index in [2.05, 4.69) is 26.2 Å². The predicted octanol–water partition coefficient (Wildman–Crippen LogP) is 2.10. The summed E-state index contributed by atoms with van der Waals surface area (Å²) >= 11 is 3.07. The van der Waals surface area contributed by atoms with Gasteiger partial charge in [0.1, 0.15) is 0 Å². The van der Waals surface area contributed by atoms with Crippen LogP contribution in [0.2, 0.25) is 0 Å². The summed E-state index contributed by atoms with van der Waals surface area (Å²) in [5, 5.41) is 16.5. The van der Waals surface area contributed by atoms with Crippen LogP contribution in [-0.4, -0.2) is 26.1 Å². The molecule has 0 saturated carbocycles. The Morgan fingerprint density at radius 2 is 2.06 bits per heavy atom. The lowest BCUT2D eigenvalue weighted by Crippen LogP contribution is -2.11. The zero-order chi connectivity index (χ0) is 12.4. The van der Waals surface area contributed by atoms with Gasteiger partial charge in [-0.2, -0.15) is 0 Å². The highest BCUT2D eigenvalue weighted by Crippen LogP contribution is 2.14. The molecule has 1 aromatic carbocycles. The number of halogens is 1. The first-order valence-corrected chi connectivity index (χ1v) is 5.75. The zero-order valence-corrected chi connectivity index (χ0v) is 10.7. The lowest BCUT2D eigenvalue weighted by molar-refractivity contribution is 0.0683. The maximum absolute atomic E-state index is 11.0. The number of aryl methyl sites for hydroxylation is 1. The molecular formula is C11H10BrN3O2. The standard InChI is InChI=1S/C11H10BrN3O2/c1-7-2-4-8(5-3-7)6-15-9(11(16)17)10(12)13-14-15/h2-5H,6H2,1H3,(H,16,17). The van der Waals surface area contributed by atoms with Gasteiger partial charge in [0, 0.05) is 0 Å². The molecule has 1 aromatic heterocycles. The van der Waals surface area contributed by atoms with Crippen LogP contribution in [0.1, 0.15) is 21.6 Å². The summed E-state index contributed by atoms with van der Waals surface area (Å²) in [5.74, 6) is -1.05. The van der Waals surface area contributed by atoms with Gasteiger partial charge in [0.2, 0.25) is 0 Å². The summed E-state index contributed by atoms with van der Waals surface area (Å²) in [6.45, 7) is 2.39. The minimum absolute atomic E-state index is 0.0607. The highest BCUT2D eigenvalue weighted by molar-refractivity contribution is 9.10. The number of nitrogens with zero attached hydrogens (tertiary/aromatic N) is 3. The molecule has 1 heterocycles. The molecule has 88 valence electrons. The van der Waals surface area contributed by atoms with Crippen molar-refractivity contribution in [2.75, 3.05) is 0 Å². The van der Waals surface area contributed by atoms with Crippen molar-refractivity contribution in [3.63, 3.8) is 0 Å². The van der Waals surface area contributed by atoms with Gasteiger partial charge in [0.15, 0.2) is 10.3 Å². The van der Waals surface area contributed by atoms with Crippen LogP contribution >= 0.6 is 15.9 Å². The van der Waals surface area contributed by atoms with Gasteiger partial charge >= 0.3 is 5.97 Å². The monoisotopic (exact) mass is 295 g/mol. The van der Waals surface area contributed by atoms with Crippen molar-refractivity contribution in [2.24, 2.45) is 0 Å². The third-order valence-corrected chi connectivity index (χ3v) is 2.88. The Morgan fingerprint density at radius 1 is 1.41 bits per heavy atom. The van der Waals surface area contributed by atoms with E-state index in [9.17, 15) is 4.79 Å². The number of hydrogen-bond donors (Lipinski definition) is 1. The normalized spacial score (nSPS) is 10.5. The molecule has 0 unspecified atom stereocenters. The number of benzene rings is 1. The first kappa shape index (κ1) is 11.8. The number of aromatic nitrogens is 3. The van der Waals surface area contributed by atoms with Crippen LogP contribution in [0.4, 0.5) is 0 Å². The SMILES string of the molecule is Cc1ccc(Cn2nnc(Br)c2C(=O)O)cc1. The zero-order valence-electron chi connectivity index (χ0n) is 9.09. The summed E-state index contributed by atoms with van der Waals surface area (Å²) in [6, 6.07) is 7.83. The van der Waals surface area contributed by atoms with Gasteiger partial charge in [0.25, 0.3) is 0 Å². The third-order valence-electron chi connectivity index (χ3n) is 2.35. The molecule has 0 bridgehead atoms. The molecule has 2 rings (SSSR count). The fourth-order valence-electron chi connectivity index (χ4n) is 1.47. The van der Waals surface area contributed by atoms with Crippen molar-refractivity contribution in [1.29, 1.82) is 0 Å². The Kier molecular flexibility index (Phi) is 3.23. The van der Waals surface area contributed by atoms with Crippen LogP contribution in [-0.2, 0) is 6.54 Å². The van der Waals surface area contributed by atoms with E-state index in [1.807, 2.05) is 31.2 Å². The van der Waals surface area contributed by atoms with Crippen LogP contribution in [0.5, 0.6) is 0 Å². The van der Waals surface area contributed by atoms with Crippen LogP contribution in [0.15, 0.2) is 28.9 Å². The van der Waals surface area contributed by atoms with Gasteiger partial charge in [-0.25, -0.2) is 9.48 Å². The number of aromatic carboxylic acids is 1. The van der Waals surface area contributed by atoms with Crippen molar-refractivity contribution >= 4 is 21.9 Å². The van der Waals surface area contributed by atoms with E-state index in [0.717, 1.165) is 11.1 Å². The molecule has 0 aliphatic carbocycles. The molecule has 0 radical (unpaired) electrons. The molecule has 0 aliphatic heterocycles. The first-order chi connectivity index (χ1) is 8.08. The number of rotatable bonds is 3. The summed E-state index contributed by atoms with van der Waals surface area (Å²) < 4.78 is 1.61. The van der Waals surface area contributed by atoms with E-state index in [-0.39, 0.29) is 10.3 Å². The Morgan fingerprint density at radius 3 is 2.65 bits per heavy atom. The Balaban J connectivity index is 2.30. The van der Waals surface area contributed by atoms with Crippen molar-refractivity contribution in [3.8, 4) is 0 Å². The van der Waals surface area contributed by atoms with Gasteiger partial charge in [-0.3, -0.25) is 0 Å². The maximum atomic E-state index is 11.0. The van der Waals surface area contributed by atoms with Gasteiger partial charge in [-0.15, -0.1) is 5.10 Å².